The minimum Gasteiger partial charge on any atom is -0.504 e. The molecule has 4 nitrogen and oxygen atoms in total. The summed E-state index contributed by atoms with van der Waals surface area (Å²) in [4.78, 5) is 0. The first-order chi connectivity index (χ1) is 13.2. The van der Waals surface area contributed by atoms with Gasteiger partial charge in [-0.25, -0.2) is 0 Å². The van der Waals surface area contributed by atoms with Gasteiger partial charge in [-0.15, -0.1) is 0 Å². The Morgan fingerprint density at radius 1 is 0.704 bits per heavy atom. The number of hydrogen-bond donors (Lipinski definition) is 4. The molecule has 0 amide bonds. The summed E-state index contributed by atoms with van der Waals surface area (Å²) in [6.45, 7) is 6.04. The molecule has 0 aliphatic carbocycles. The number of aryl methyl sites for hydroxylation is 1. The molecule has 148 valence electrons. The molecular formula is C23H34N2O2. The molecular weight excluding hydrogens is 336 g/mol. The molecule has 2 aromatic rings. The van der Waals surface area contributed by atoms with Crippen molar-refractivity contribution in [2.75, 3.05) is 26.2 Å². The van der Waals surface area contributed by atoms with E-state index in [1.807, 2.05) is 6.92 Å². The van der Waals surface area contributed by atoms with Crippen LogP contribution < -0.4 is 10.6 Å². The van der Waals surface area contributed by atoms with Gasteiger partial charge in [0.1, 0.15) is 0 Å². The van der Waals surface area contributed by atoms with Gasteiger partial charge in [0.2, 0.25) is 0 Å². The molecule has 0 bridgehead atoms. The molecule has 0 aliphatic heterocycles. The van der Waals surface area contributed by atoms with E-state index < -0.39 is 0 Å². The van der Waals surface area contributed by atoms with Crippen molar-refractivity contribution in [1.29, 1.82) is 0 Å². The second-order valence-electron chi connectivity index (χ2n) is 7.17. The first-order valence-corrected chi connectivity index (χ1v) is 10.1. The minimum absolute atomic E-state index is 0.0343. The van der Waals surface area contributed by atoms with Crippen LogP contribution in [-0.4, -0.2) is 36.4 Å². The highest BCUT2D eigenvalue weighted by Crippen LogP contribution is 2.27. The summed E-state index contributed by atoms with van der Waals surface area (Å²) in [6.07, 6.45) is 6.93. The molecule has 0 fully saturated rings. The Labute approximate surface area is 163 Å². The van der Waals surface area contributed by atoms with E-state index in [2.05, 4.69) is 41.0 Å². The number of phenolic OH excluding ortho intramolecular Hbond substituents is 2. The van der Waals surface area contributed by atoms with Crippen molar-refractivity contribution in [3.05, 3.63) is 59.2 Å². The van der Waals surface area contributed by atoms with Gasteiger partial charge in [0, 0.05) is 0 Å². The average molecular weight is 371 g/mol. The van der Waals surface area contributed by atoms with Gasteiger partial charge in [0.25, 0.3) is 0 Å². The van der Waals surface area contributed by atoms with Crippen LogP contribution in [0.2, 0.25) is 0 Å². The Hall–Kier alpha value is -2.04. The maximum Gasteiger partial charge on any atom is 0.157 e. The molecule has 0 aromatic heterocycles. The maximum atomic E-state index is 9.58. The summed E-state index contributed by atoms with van der Waals surface area (Å²) in [6, 6.07) is 13.9. The third-order valence-electron chi connectivity index (χ3n) is 4.89. The highest BCUT2D eigenvalue weighted by atomic mass is 16.3. The fourth-order valence-corrected chi connectivity index (χ4v) is 3.20. The van der Waals surface area contributed by atoms with Gasteiger partial charge >= 0.3 is 0 Å². The molecule has 0 aliphatic rings. The third kappa shape index (κ3) is 8.46. The molecule has 4 N–H and O–H groups in total. The third-order valence-corrected chi connectivity index (χ3v) is 4.89. The van der Waals surface area contributed by atoms with E-state index in [0.717, 1.165) is 50.1 Å². The highest BCUT2D eigenvalue weighted by Gasteiger charge is 2.05. The standard InChI is InChI=1S/C23H34N2O2/c1-19-17-22(26)23(27)18-21(19)12-16-25-14-8-3-2-7-13-24-15-11-20-9-5-4-6-10-20/h4-6,9-10,17-18,24-27H,2-3,7-8,11-16H2,1H3. The Balaban J connectivity index is 1.40. The second-order valence-corrected chi connectivity index (χ2v) is 7.17. The van der Waals surface area contributed by atoms with Crippen LogP contribution in [0.4, 0.5) is 0 Å². The van der Waals surface area contributed by atoms with Crippen molar-refractivity contribution < 1.29 is 10.2 Å². The highest BCUT2D eigenvalue weighted by molar-refractivity contribution is 5.45. The number of hydrogen-bond acceptors (Lipinski definition) is 4. The molecule has 0 saturated heterocycles. The molecule has 0 heterocycles. The van der Waals surface area contributed by atoms with Gasteiger partial charge in [-0.1, -0.05) is 43.2 Å². The summed E-state index contributed by atoms with van der Waals surface area (Å²) in [7, 11) is 0. The fraction of sp³-hybridized carbons (Fsp3) is 0.478. The van der Waals surface area contributed by atoms with Gasteiger partial charge in [0.05, 0.1) is 0 Å². The number of benzene rings is 2. The Kier molecular flexibility index (Phi) is 9.74. The largest absolute Gasteiger partial charge is 0.504 e. The lowest BCUT2D eigenvalue weighted by Crippen LogP contribution is -2.19. The Bertz CT molecular complexity index is 659. The zero-order valence-electron chi connectivity index (χ0n) is 16.5. The number of unbranched alkanes of at least 4 members (excludes halogenated alkanes) is 3. The zero-order valence-corrected chi connectivity index (χ0v) is 16.5. The van der Waals surface area contributed by atoms with E-state index in [4.69, 9.17) is 0 Å². The van der Waals surface area contributed by atoms with Crippen molar-refractivity contribution in [3.63, 3.8) is 0 Å². The number of nitrogens with one attached hydrogen (secondary N) is 2. The number of aromatic hydroxyl groups is 2. The van der Waals surface area contributed by atoms with Crippen LogP contribution in [-0.2, 0) is 12.8 Å². The van der Waals surface area contributed by atoms with Gasteiger partial charge in [-0.3, -0.25) is 0 Å². The minimum atomic E-state index is -0.0428. The lowest BCUT2D eigenvalue weighted by Gasteiger charge is -2.09. The average Bonchev–Trinajstić information content (AvgIpc) is 2.67. The van der Waals surface area contributed by atoms with Crippen molar-refractivity contribution in [2.24, 2.45) is 0 Å². The second kappa shape index (κ2) is 12.4. The lowest BCUT2D eigenvalue weighted by molar-refractivity contribution is 0.402. The molecule has 0 saturated carbocycles. The smallest absolute Gasteiger partial charge is 0.157 e. The van der Waals surface area contributed by atoms with E-state index in [1.165, 1.54) is 31.2 Å². The molecule has 2 rings (SSSR count). The molecule has 0 atom stereocenters. The maximum absolute atomic E-state index is 9.58. The van der Waals surface area contributed by atoms with E-state index in [1.54, 1.807) is 12.1 Å². The summed E-state index contributed by atoms with van der Waals surface area (Å²) in [5.41, 5.74) is 3.50. The van der Waals surface area contributed by atoms with Crippen molar-refractivity contribution in [1.82, 2.24) is 10.6 Å². The van der Waals surface area contributed by atoms with Crippen LogP contribution >= 0.6 is 0 Å². The summed E-state index contributed by atoms with van der Waals surface area (Å²) in [5.74, 6) is -0.0771. The van der Waals surface area contributed by atoms with Crippen LogP contribution in [0, 0.1) is 6.92 Å². The van der Waals surface area contributed by atoms with Crippen molar-refractivity contribution in [2.45, 2.75) is 45.4 Å². The first-order valence-electron chi connectivity index (χ1n) is 10.1. The van der Waals surface area contributed by atoms with Gasteiger partial charge in [-0.2, -0.15) is 0 Å². The van der Waals surface area contributed by atoms with E-state index in [-0.39, 0.29) is 11.5 Å². The monoisotopic (exact) mass is 370 g/mol. The molecule has 0 unspecified atom stereocenters. The van der Waals surface area contributed by atoms with Crippen LogP contribution in [0.15, 0.2) is 42.5 Å². The predicted octanol–water partition coefficient (Wildman–Crippen LogP) is 3.93. The zero-order chi connectivity index (χ0) is 19.3. The van der Waals surface area contributed by atoms with Crippen LogP contribution in [0.25, 0.3) is 0 Å². The van der Waals surface area contributed by atoms with Gasteiger partial charge in [-0.05, 0) is 87.6 Å². The molecule has 27 heavy (non-hydrogen) atoms. The topological polar surface area (TPSA) is 64.5 Å². The lowest BCUT2D eigenvalue weighted by atomic mass is 10.0. The van der Waals surface area contributed by atoms with Crippen molar-refractivity contribution >= 4 is 0 Å². The van der Waals surface area contributed by atoms with E-state index >= 15 is 0 Å². The summed E-state index contributed by atoms with van der Waals surface area (Å²) >= 11 is 0. The first kappa shape index (κ1) is 21.3. The SMILES string of the molecule is Cc1cc(O)c(O)cc1CCNCCCCCCNCCc1ccccc1. The summed E-state index contributed by atoms with van der Waals surface area (Å²) in [5, 5.41) is 26.0. The van der Waals surface area contributed by atoms with Crippen LogP contribution in [0.3, 0.4) is 0 Å². The molecule has 0 radical (unpaired) electrons. The van der Waals surface area contributed by atoms with Gasteiger partial charge < -0.3 is 20.8 Å². The van der Waals surface area contributed by atoms with Crippen LogP contribution in [0.1, 0.15) is 42.4 Å². The molecule has 2 aromatic carbocycles. The van der Waals surface area contributed by atoms with E-state index in [9.17, 15) is 10.2 Å². The fourth-order valence-electron chi connectivity index (χ4n) is 3.20. The van der Waals surface area contributed by atoms with Gasteiger partial charge in [0.15, 0.2) is 11.5 Å². The molecule has 0 spiro atoms. The Morgan fingerprint density at radius 3 is 1.96 bits per heavy atom. The van der Waals surface area contributed by atoms with Crippen molar-refractivity contribution in [3.8, 4) is 11.5 Å². The summed E-state index contributed by atoms with van der Waals surface area (Å²) < 4.78 is 0. The van der Waals surface area contributed by atoms with E-state index in [0.29, 0.717) is 0 Å². The predicted molar refractivity (Wildman–Crippen MR) is 113 cm³/mol. The number of phenols is 2. The quantitative estimate of drug-likeness (QED) is 0.319. The van der Waals surface area contributed by atoms with Crippen LogP contribution in [0.5, 0.6) is 11.5 Å². The normalized spacial score (nSPS) is 11.0. The molecule has 4 heteroatoms. The number of rotatable bonds is 13. The Morgan fingerprint density at radius 2 is 1.30 bits per heavy atom.